The van der Waals surface area contributed by atoms with E-state index in [1.165, 1.54) is 13.5 Å². The molecule has 2 aromatic rings. The van der Waals surface area contributed by atoms with Crippen LogP contribution in [0.2, 0.25) is 0 Å². The van der Waals surface area contributed by atoms with E-state index in [9.17, 15) is 4.79 Å². The summed E-state index contributed by atoms with van der Waals surface area (Å²) in [7, 11) is 1.29. The van der Waals surface area contributed by atoms with E-state index in [1.54, 1.807) is 24.4 Å². The van der Waals surface area contributed by atoms with E-state index >= 15 is 0 Å². The highest BCUT2D eigenvalue weighted by Crippen LogP contribution is 2.20. The summed E-state index contributed by atoms with van der Waals surface area (Å²) in [6.45, 7) is 0. The molecule has 0 fully saturated rings. The molecule has 0 unspecified atom stereocenters. The maximum atomic E-state index is 11.3. The number of rotatable bonds is 2. The largest absolute Gasteiger partial charge is 0.464 e. The van der Waals surface area contributed by atoms with Crippen LogP contribution in [-0.4, -0.2) is 23.0 Å². The van der Waals surface area contributed by atoms with Crippen molar-refractivity contribution >= 4 is 5.97 Å². The fourth-order valence-corrected chi connectivity index (χ4v) is 1.17. The van der Waals surface area contributed by atoms with Crippen molar-refractivity contribution in [2.75, 3.05) is 7.11 Å². The molecule has 5 heteroatoms. The number of carbonyl (C=O) groups excluding carboxylic acids is 1. The predicted molar refractivity (Wildman–Crippen MR) is 51.1 cm³/mol. The molecule has 2 aromatic heterocycles. The SMILES string of the molecule is COC(=O)c1ncoc1-c1ccccn1. The molecule has 0 amide bonds. The van der Waals surface area contributed by atoms with E-state index in [4.69, 9.17) is 4.42 Å². The molecule has 0 saturated heterocycles. The first-order valence-corrected chi connectivity index (χ1v) is 4.26. The molecule has 0 aliphatic heterocycles. The van der Waals surface area contributed by atoms with Gasteiger partial charge in [0.2, 0.25) is 0 Å². The molecule has 0 atom stereocenters. The highest BCUT2D eigenvalue weighted by atomic mass is 16.5. The number of hydrogen-bond donors (Lipinski definition) is 0. The Morgan fingerprint density at radius 1 is 1.40 bits per heavy atom. The van der Waals surface area contributed by atoms with Crippen molar-refractivity contribution in [3.05, 3.63) is 36.5 Å². The van der Waals surface area contributed by atoms with Crippen molar-refractivity contribution < 1.29 is 13.9 Å². The molecule has 0 N–H and O–H groups in total. The minimum absolute atomic E-state index is 0.135. The maximum absolute atomic E-state index is 11.3. The van der Waals surface area contributed by atoms with Gasteiger partial charge in [-0.1, -0.05) is 6.07 Å². The molecule has 76 valence electrons. The quantitative estimate of drug-likeness (QED) is 0.694. The molecule has 0 radical (unpaired) electrons. The number of aromatic nitrogens is 2. The van der Waals surface area contributed by atoms with E-state index in [0.717, 1.165) is 0 Å². The van der Waals surface area contributed by atoms with Crippen molar-refractivity contribution in [3.8, 4) is 11.5 Å². The Bertz CT molecular complexity index is 465. The zero-order valence-electron chi connectivity index (χ0n) is 8.01. The van der Waals surface area contributed by atoms with Gasteiger partial charge >= 0.3 is 5.97 Å². The molecule has 15 heavy (non-hydrogen) atoms. The zero-order chi connectivity index (χ0) is 10.7. The number of ether oxygens (including phenoxy) is 1. The van der Waals surface area contributed by atoms with Crippen LogP contribution in [0, 0.1) is 0 Å². The smallest absolute Gasteiger partial charge is 0.360 e. The lowest BCUT2D eigenvalue weighted by Gasteiger charge is -1.97. The Hall–Kier alpha value is -2.17. The first kappa shape index (κ1) is 9.39. The summed E-state index contributed by atoms with van der Waals surface area (Å²) in [5.74, 6) is -0.216. The van der Waals surface area contributed by atoms with Gasteiger partial charge in [0.25, 0.3) is 0 Å². The second kappa shape index (κ2) is 3.91. The van der Waals surface area contributed by atoms with Gasteiger partial charge in [0.05, 0.1) is 7.11 Å². The Kier molecular flexibility index (Phi) is 2.45. The lowest BCUT2D eigenvalue weighted by atomic mass is 10.2. The molecule has 5 nitrogen and oxygen atoms in total. The van der Waals surface area contributed by atoms with Gasteiger partial charge in [-0.25, -0.2) is 9.78 Å². The van der Waals surface area contributed by atoms with Gasteiger partial charge in [0.1, 0.15) is 5.69 Å². The Morgan fingerprint density at radius 2 is 2.27 bits per heavy atom. The third-order valence-corrected chi connectivity index (χ3v) is 1.84. The van der Waals surface area contributed by atoms with Crippen molar-refractivity contribution in [2.45, 2.75) is 0 Å². The third-order valence-electron chi connectivity index (χ3n) is 1.84. The first-order chi connectivity index (χ1) is 7.33. The van der Waals surface area contributed by atoms with Crippen LogP contribution in [0.3, 0.4) is 0 Å². The summed E-state index contributed by atoms with van der Waals surface area (Å²) in [5, 5.41) is 0. The fourth-order valence-electron chi connectivity index (χ4n) is 1.17. The fraction of sp³-hybridized carbons (Fsp3) is 0.100. The molecule has 0 aliphatic rings. The summed E-state index contributed by atoms with van der Waals surface area (Å²) in [4.78, 5) is 19.1. The van der Waals surface area contributed by atoms with Gasteiger partial charge in [-0.3, -0.25) is 4.98 Å². The second-order valence-corrected chi connectivity index (χ2v) is 2.74. The Morgan fingerprint density at radius 3 is 2.93 bits per heavy atom. The standard InChI is InChI=1S/C10H8N2O3/c1-14-10(13)8-9(15-6-12-8)7-4-2-3-5-11-7/h2-6H,1H3. The number of oxazole rings is 1. The zero-order valence-corrected chi connectivity index (χ0v) is 8.01. The van der Waals surface area contributed by atoms with E-state index in [2.05, 4.69) is 14.7 Å². The number of hydrogen-bond acceptors (Lipinski definition) is 5. The Labute approximate surface area is 85.7 Å². The average molecular weight is 204 g/mol. The first-order valence-electron chi connectivity index (χ1n) is 4.26. The van der Waals surface area contributed by atoms with Gasteiger partial charge in [-0.15, -0.1) is 0 Å². The predicted octanol–water partition coefficient (Wildman–Crippen LogP) is 1.52. The lowest BCUT2D eigenvalue weighted by Crippen LogP contribution is -2.03. The van der Waals surface area contributed by atoms with Crippen molar-refractivity contribution in [1.29, 1.82) is 0 Å². The van der Waals surface area contributed by atoms with E-state index in [1.807, 2.05) is 0 Å². The Balaban J connectivity index is 2.46. The van der Waals surface area contributed by atoms with Crippen molar-refractivity contribution in [2.24, 2.45) is 0 Å². The summed E-state index contributed by atoms with van der Waals surface area (Å²) < 4.78 is 9.67. The molecular weight excluding hydrogens is 196 g/mol. The van der Waals surface area contributed by atoms with E-state index in [-0.39, 0.29) is 5.69 Å². The maximum Gasteiger partial charge on any atom is 0.360 e. The molecule has 0 spiro atoms. The number of pyridine rings is 1. The molecule has 0 saturated carbocycles. The summed E-state index contributed by atoms with van der Waals surface area (Å²) in [6, 6.07) is 5.30. The third kappa shape index (κ3) is 1.71. The summed E-state index contributed by atoms with van der Waals surface area (Å²) in [6.07, 6.45) is 2.80. The lowest BCUT2D eigenvalue weighted by molar-refractivity contribution is 0.0595. The highest BCUT2D eigenvalue weighted by Gasteiger charge is 2.19. The molecule has 0 bridgehead atoms. The molecule has 0 aromatic carbocycles. The molecule has 2 rings (SSSR count). The van der Waals surface area contributed by atoms with Crippen LogP contribution < -0.4 is 0 Å². The number of nitrogens with zero attached hydrogens (tertiary/aromatic N) is 2. The van der Waals surface area contributed by atoms with Crippen LogP contribution in [0.15, 0.2) is 35.2 Å². The summed E-state index contributed by atoms with van der Waals surface area (Å²) in [5.41, 5.74) is 0.687. The number of carbonyl (C=O) groups is 1. The van der Waals surface area contributed by atoms with Gasteiger partial charge in [-0.05, 0) is 12.1 Å². The van der Waals surface area contributed by atoms with E-state index < -0.39 is 5.97 Å². The van der Waals surface area contributed by atoms with Crippen LogP contribution in [0.5, 0.6) is 0 Å². The average Bonchev–Trinajstić information content (AvgIpc) is 2.78. The molecular formula is C10H8N2O3. The second-order valence-electron chi connectivity index (χ2n) is 2.74. The van der Waals surface area contributed by atoms with Crippen LogP contribution in [0.1, 0.15) is 10.5 Å². The summed E-state index contributed by atoms with van der Waals surface area (Å²) >= 11 is 0. The minimum atomic E-state index is -0.538. The van der Waals surface area contributed by atoms with Crippen LogP contribution in [0.4, 0.5) is 0 Å². The number of methoxy groups -OCH3 is 1. The highest BCUT2D eigenvalue weighted by molar-refractivity contribution is 5.92. The monoisotopic (exact) mass is 204 g/mol. The van der Waals surface area contributed by atoms with Crippen LogP contribution in [0.25, 0.3) is 11.5 Å². The number of esters is 1. The van der Waals surface area contributed by atoms with Gasteiger partial charge in [0.15, 0.2) is 17.8 Å². The normalized spacial score (nSPS) is 9.93. The minimum Gasteiger partial charge on any atom is -0.464 e. The topological polar surface area (TPSA) is 65.2 Å². The van der Waals surface area contributed by atoms with Gasteiger partial charge in [-0.2, -0.15) is 0 Å². The van der Waals surface area contributed by atoms with Gasteiger partial charge < -0.3 is 9.15 Å². The van der Waals surface area contributed by atoms with Gasteiger partial charge in [0, 0.05) is 6.20 Å². The van der Waals surface area contributed by atoms with Crippen LogP contribution >= 0.6 is 0 Å². The van der Waals surface area contributed by atoms with Crippen molar-refractivity contribution in [3.63, 3.8) is 0 Å². The van der Waals surface area contributed by atoms with E-state index in [0.29, 0.717) is 11.5 Å². The molecule has 2 heterocycles. The molecule has 0 aliphatic carbocycles. The van der Waals surface area contributed by atoms with Crippen LogP contribution in [-0.2, 0) is 4.74 Å². The van der Waals surface area contributed by atoms with Crippen molar-refractivity contribution in [1.82, 2.24) is 9.97 Å².